The molecule has 5 heteroatoms. The Hall–Kier alpha value is -2.17. The van der Waals surface area contributed by atoms with Crippen LogP contribution in [0.1, 0.15) is 17.7 Å². The number of rotatable bonds is 4. The molecule has 0 atom stereocenters. The number of carbonyl (C=O) groups excluding carboxylic acids is 1. The van der Waals surface area contributed by atoms with Crippen molar-refractivity contribution in [3.8, 4) is 0 Å². The van der Waals surface area contributed by atoms with Gasteiger partial charge in [0.2, 0.25) is 5.91 Å². The zero-order valence-corrected chi connectivity index (χ0v) is 10.6. The van der Waals surface area contributed by atoms with Gasteiger partial charge in [-0.1, -0.05) is 0 Å². The lowest BCUT2D eigenvalue weighted by Gasteiger charge is -2.05. The van der Waals surface area contributed by atoms with Gasteiger partial charge in [-0.15, -0.1) is 0 Å². The molecule has 0 radical (unpaired) electrons. The van der Waals surface area contributed by atoms with Crippen LogP contribution in [0.15, 0.2) is 30.6 Å². The summed E-state index contributed by atoms with van der Waals surface area (Å²) in [4.78, 5) is 15.8. The van der Waals surface area contributed by atoms with Gasteiger partial charge in [0.05, 0.1) is 5.69 Å². The van der Waals surface area contributed by atoms with Gasteiger partial charge in [0.25, 0.3) is 0 Å². The van der Waals surface area contributed by atoms with Crippen LogP contribution in [-0.4, -0.2) is 20.7 Å². The van der Waals surface area contributed by atoms with Crippen LogP contribution in [0.5, 0.6) is 0 Å². The van der Waals surface area contributed by atoms with Crippen LogP contribution in [0.3, 0.4) is 0 Å². The maximum Gasteiger partial charge on any atom is 0.227 e. The van der Waals surface area contributed by atoms with E-state index in [2.05, 4.69) is 15.4 Å². The molecule has 0 aromatic carbocycles. The standard InChI is InChI=1S/C13H16N4O/c1-10-3-6-14-12(9-10)15-13(18)5-8-17-7-4-11(2)16-17/h3-4,6-7,9H,5,8H2,1-2H3,(H,14,15,18). The van der Waals surface area contributed by atoms with E-state index in [1.807, 2.05) is 38.2 Å². The first kappa shape index (κ1) is 12.3. The summed E-state index contributed by atoms with van der Waals surface area (Å²) in [5, 5.41) is 6.99. The lowest BCUT2D eigenvalue weighted by atomic mass is 10.3. The Morgan fingerprint density at radius 2 is 2.22 bits per heavy atom. The largest absolute Gasteiger partial charge is 0.311 e. The molecule has 0 fully saturated rings. The van der Waals surface area contributed by atoms with Crippen LogP contribution >= 0.6 is 0 Å². The number of amides is 1. The van der Waals surface area contributed by atoms with Crippen molar-refractivity contribution in [2.24, 2.45) is 0 Å². The maximum absolute atomic E-state index is 11.7. The summed E-state index contributed by atoms with van der Waals surface area (Å²) in [6, 6.07) is 5.65. The van der Waals surface area contributed by atoms with Crippen molar-refractivity contribution >= 4 is 11.7 Å². The molecule has 0 unspecified atom stereocenters. The number of nitrogens with zero attached hydrogens (tertiary/aromatic N) is 3. The smallest absolute Gasteiger partial charge is 0.227 e. The molecular formula is C13H16N4O. The maximum atomic E-state index is 11.7. The fraction of sp³-hybridized carbons (Fsp3) is 0.308. The average Bonchev–Trinajstić information content (AvgIpc) is 2.73. The number of aromatic nitrogens is 3. The van der Waals surface area contributed by atoms with Crippen LogP contribution < -0.4 is 5.32 Å². The molecule has 0 aliphatic heterocycles. The zero-order chi connectivity index (χ0) is 13.0. The molecule has 2 rings (SSSR count). The van der Waals surface area contributed by atoms with Crippen molar-refractivity contribution in [2.75, 3.05) is 5.32 Å². The Morgan fingerprint density at radius 3 is 2.89 bits per heavy atom. The molecular weight excluding hydrogens is 228 g/mol. The Morgan fingerprint density at radius 1 is 1.39 bits per heavy atom. The Kier molecular flexibility index (Phi) is 3.72. The summed E-state index contributed by atoms with van der Waals surface area (Å²) in [5.74, 6) is 0.540. The summed E-state index contributed by atoms with van der Waals surface area (Å²) in [6.07, 6.45) is 3.94. The van der Waals surface area contributed by atoms with Gasteiger partial charge in [-0.05, 0) is 37.6 Å². The Balaban J connectivity index is 1.85. The predicted molar refractivity (Wildman–Crippen MR) is 69.2 cm³/mol. The minimum Gasteiger partial charge on any atom is -0.311 e. The van der Waals surface area contributed by atoms with E-state index < -0.39 is 0 Å². The van der Waals surface area contributed by atoms with Crippen molar-refractivity contribution in [2.45, 2.75) is 26.8 Å². The summed E-state index contributed by atoms with van der Waals surface area (Å²) in [5.41, 5.74) is 2.03. The van der Waals surface area contributed by atoms with Crippen LogP contribution in [0.25, 0.3) is 0 Å². The van der Waals surface area contributed by atoms with E-state index in [4.69, 9.17) is 0 Å². The first-order valence-corrected chi connectivity index (χ1v) is 5.86. The molecule has 1 N–H and O–H groups in total. The lowest BCUT2D eigenvalue weighted by molar-refractivity contribution is -0.116. The van der Waals surface area contributed by atoms with Crippen molar-refractivity contribution in [1.29, 1.82) is 0 Å². The second-order valence-corrected chi connectivity index (χ2v) is 4.24. The number of pyridine rings is 1. The summed E-state index contributed by atoms with van der Waals surface area (Å²) < 4.78 is 1.76. The van der Waals surface area contributed by atoms with Gasteiger partial charge in [0, 0.05) is 25.4 Å². The molecule has 0 aliphatic rings. The van der Waals surface area contributed by atoms with Crippen molar-refractivity contribution < 1.29 is 4.79 Å². The minimum atomic E-state index is -0.0544. The third-order valence-corrected chi connectivity index (χ3v) is 2.52. The quantitative estimate of drug-likeness (QED) is 0.893. The van der Waals surface area contributed by atoms with Gasteiger partial charge in [0.15, 0.2) is 0 Å². The van der Waals surface area contributed by atoms with Crippen LogP contribution in [-0.2, 0) is 11.3 Å². The molecule has 2 aromatic heterocycles. The first-order valence-electron chi connectivity index (χ1n) is 5.86. The van der Waals surface area contributed by atoms with Crippen LogP contribution in [0.4, 0.5) is 5.82 Å². The summed E-state index contributed by atoms with van der Waals surface area (Å²) in [7, 11) is 0. The number of carbonyl (C=O) groups is 1. The second kappa shape index (κ2) is 5.44. The number of anilines is 1. The lowest BCUT2D eigenvalue weighted by Crippen LogP contribution is -2.15. The predicted octanol–water partition coefficient (Wildman–Crippen LogP) is 1.92. The normalized spacial score (nSPS) is 10.3. The number of hydrogen-bond acceptors (Lipinski definition) is 3. The monoisotopic (exact) mass is 244 g/mol. The second-order valence-electron chi connectivity index (χ2n) is 4.24. The molecule has 2 aromatic rings. The topological polar surface area (TPSA) is 59.8 Å². The summed E-state index contributed by atoms with van der Waals surface area (Å²) >= 11 is 0. The Labute approximate surface area is 106 Å². The van der Waals surface area contributed by atoms with Gasteiger partial charge < -0.3 is 5.32 Å². The fourth-order valence-electron chi connectivity index (χ4n) is 1.61. The van der Waals surface area contributed by atoms with Gasteiger partial charge in [-0.25, -0.2) is 4.98 Å². The van der Waals surface area contributed by atoms with Gasteiger partial charge in [0.1, 0.15) is 5.82 Å². The van der Waals surface area contributed by atoms with E-state index in [0.29, 0.717) is 18.8 Å². The van der Waals surface area contributed by atoms with Crippen LogP contribution in [0.2, 0.25) is 0 Å². The van der Waals surface area contributed by atoms with E-state index in [9.17, 15) is 4.79 Å². The molecule has 5 nitrogen and oxygen atoms in total. The van der Waals surface area contributed by atoms with Gasteiger partial charge >= 0.3 is 0 Å². The van der Waals surface area contributed by atoms with Crippen molar-refractivity contribution in [3.63, 3.8) is 0 Å². The van der Waals surface area contributed by atoms with E-state index in [-0.39, 0.29) is 5.91 Å². The molecule has 94 valence electrons. The molecule has 1 amide bonds. The third kappa shape index (κ3) is 3.41. The number of nitrogens with one attached hydrogen (secondary N) is 1. The highest BCUT2D eigenvalue weighted by atomic mass is 16.1. The molecule has 0 saturated heterocycles. The fourth-order valence-corrected chi connectivity index (χ4v) is 1.61. The van der Waals surface area contributed by atoms with Crippen LogP contribution in [0, 0.1) is 13.8 Å². The SMILES string of the molecule is Cc1ccnc(NC(=O)CCn2ccc(C)n2)c1. The van der Waals surface area contributed by atoms with E-state index >= 15 is 0 Å². The molecule has 0 spiro atoms. The molecule has 0 saturated carbocycles. The molecule has 0 aliphatic carbocycles. The average molecular weight is 244 g/mol. The third-order valence-electron chi connectivity index (χ3n) is 2.52. The highest BCUT2D eigenvalue weighted by Crippen LogP contribution is 2.06. The van der Waals surface area contributed by atoms with Crippen molar-refractivity contribution in [3.05, 3.63) is 41.9 Å². The van der Waals surface area contributed by atoms with E-state index in [1.165, 1.54) is 0 Å². The molecule has 18 heavy (non-hydrogen) atoms. The molecule has 2 heterocycles. The Bertz CT molecular complexity index is 547. The summed E-state index contributed by atoms with van der Waals surface area (Å²) in [6.45, 7) is 4.46. The number of hydrogen-bond donors (Lipinski definition) is 1. The highest BCUT2D eigenvalue weighted by Gasteiger charge is 2.04. The van der Waals surface area contributed by atoms with Gasteiger partial charge in [-0.2, -0.15) is 5.10 Å². The first-order chi connectivity index (χ1) is 8.63. The zero-order valence-electron chi connectivity index (χ0n) is 10.6. The van der Waals surface area contributed by atoms with E-state index in [1.54, 1.807) is 10.9 Å². The highest BCUT2D eigenvalue weighted by molar-refractivity contribution is 5.89. The minimum absolute atomic E-state index is 0.0544. The van der Waals surface area contributed by atoms with Gasteiger partial charge in [-0.3, -0.25) is 9.48 Å². The van der Waals surface area contributed by atoms with Crippen molar-refractivity contribution in [1.82, 2.24) is 14.8 Å². The molecule has 0 bridgehead atoms. The number of aryl methyl sites for hydroxylation is 3. The van der Waals surface area contributed by atoms with E-state index in [0.717, 1.165) is 11.3 Å².